The van der Waals surface area contributed by atoms with Gasteiger partial charge >= 0.3 is 0 Å². The molecule has 0 unspecified atom stereocenters. The lowest BCUT2D eigenvalue weighted by Crippen LogP contribution is -2.37. The molecule has 0 amide bonds. The number of benzene rings is 1. The molecule has 1 fully saturated rings. The van der Waals surface area contributed by atoms with E-state index in [1.807, 2.05) is 12.1 Å². The summed E-state index contributed by atoms with van der Waals surface area (Å²) >= 11 is 0. The minimum Gasteiger partial charge on any atom is -0.326 e. The van der Waals surface area contributed by atoms with E-state index < -0.39 is 0 Å². The molecule has 0 atom stereocenters. The van der Waals surface area contributed by atoms with Crippen LogP contribution in [-0.2, 0) is 13.1 Å². The zero-order valence-electron chi connectivity index (χ0n) is 13.0. The third-order valence-corrected chi connectivity index (χ3v) is 4.73. The minimum absolute atomic E-state index is 0.127. The van der Waals surface area contributed by atoms with E-state index in [-0.39, 0.29) is 12.4 Å². The van der Waals surface area contributed by atoms with Crippen molar-refractivity contribution < 1.29 is 4.39 Å². The number of nitrogens with zero attached hydrogens (tertiary/aromatic N) is 1. The standard InChI is InChI=1S/C17H27FN2/c1-17(2)9-7-15(8-10-17)20(3)12-14-6-4-5-13(11-19)16(14)18/h4-6,15H,7-12,19H2,1-3H3. The molecule has 0 heterocycles. The molecule has 2 N–H and O–H groups in total. The fourth-order valence-electron chi connectivity index (χ4n) is 3.14. The Balaban J connectivity index is 2.00. The summed E-state index contributed by atoms with van der Waals surface area (Å²) in [6.45, 7) is 5.62. The van der Waals surface area contributed by atoms with Crippen molar-refractivity contribution in [3.63, 3.8) is 0 Å². The van der Waals surface area contributed by atoms with Gasteiger partial charge in [0.2, 0.25) is 0 Å². The lowest BCUT2D eigenvalue weighted by atomic mass is 9.75. The van der Waals surface area contributed by atoms with E-state index in [2.05, 4.69) is 25.8 Å². The maximum Gasteiger partial charge on any atom is 0.132 e. The maximum atomic E-state index is 14.2. The minimum atomic E-state index is -0.127. The van der Waals surface area contributed by atoms with Gasteiger partial charge in [0.15, 0.2) is 0 Å². The van der Waals surface area contributed by atoms with E-state index >= 15 is 0 Å². The first-order chi connectivity index (χ1) is 9.43. The molecule has 0 saturated heterocycles. The van der Waals surface area contributed by atoms with Crippen LogP contribution in [0.2, 0.25) is 0 Å². The molecular formula is C17H27FN2. The quantitative estimate of drug-likeness (QED) is 0.910. The molecule has 1 saturated carbocycles. The summed E-state index contributed by atoms with van der Waals surface area (Å²) in [6.07, 6.45) is 4.93. The third-order valence-electron chi connectivity index (χ3n) is 4.73. The van der Waals surface area contributed by atoms with E-state index in [9.17, 15) is 4.39 Å². The van der Waals surface area contributed by atoms with Crippen molar-refractivity contribution in [2.45, 2.75) is 58.7 Å². The molecule has 0 radical (unpaired) electrons. The van der Waals surface area contributed by atoms with Crippen LogP contribution < -0.4 is 5.73 Å². The largest absolute Gasteiger partial charge is 0.326 e. The Hall–Kier alpha value is -0.930. The molecule has 20 heavy (non-hydrogen) atoms. The van der Waals surface area contributed by atoms with Gasteiger partial charge in [0.05, 0.1) is 0 Å². The number of hydrogen-bond donors (Lipinski definition) is 1. The summed E-state index contributed by atoms with van der Waals surface area (Å²) in [5.74, 6) is -0.127. The molecule has 1 aliphatic rings. The Morgan fingerprint density at radius 2 is 1.85 bits per heavy atom. The normalized spacial score (nSPS) is 19.5. The zero-order valence-corrected chi connectivity index (χ0v) is 13.0. The molecule has 2 nitrogen and oxygen atoms in total. The van der Waals surface area contributed by atoms with Crippen LogP contribution in [0.25, 0.3) is 0 Å². The van der Waals surface area contributed by atoms with E-state index in [4.69, 9.17) is 5.73 Å². The van der Waals surface area contributed by atoms with Gasteiger partial charge in [-0.2, -0.15) is 0 Å². The smallest absolute Gasteiger partial charge is 0.132 e. The van der Waals surface area contributed by atoms with Crippen LogP contribution in [-0.4, -0.2) is 18.0 Å². The lowest BCUT2D eigenvalue weighted by Gasteiger charge is -2.38. The summed E-state index contributed by atoms with van der Waals surface area (Å²) in [4.78, 5) is 2.30. The Labute approximate surface area is 122 Å². The van der Waals surface area contributed by atoms with Crippen molar-refractivity contribution in [1.82, 2.24) is 4.90 Å². The lowest BCUT2D eigenvalue weighted by molar-refractivity contribution is 0.122. The van der Waals surface area contributed by atoms with Crippen molar-refractivity contribution in [2.24, 2.45) is 11.1 Å². The molecule has 0 aromatic heterocycles. The summed E-state index contributed by atoms with van der Waals surface area (Å²) in [6, 6.07) is 6.11. The summed E-state index contributed by atoms with van der Waals surface area (Å²) < 4.78 is 14.2. The first-order valence-corrected chi connectivity index (χ1v) is 7.59. The van der Waals surface area contributed by atoms with Crippen LogP contribution in [0.5, 0.6) is 0 Å². The second kappa shape index (κ2) is 6.23. The molecular weight excluding hydrogens is 251 g/mol. The average Bonchev–Trinajstić information content (AvgIpc) is 2.41. The predicted octanol–water partition coefficient (Wildman–Crippen LogP) is 3.69. The molecule has 1 aliphatic carbocycles. The molecule has 0 bridgehead atoms. The molecule has 112 valence electrons. The first-order valence-electron chi connectivity index (χ1n) is 7.59. The second-order valence-electron chi connectivity index (χ2n) is 6.90. The Morgan fingerprint density at radius 1 is 1.25 bits per heavy atom. The Kier molecular flexibility index (Phi) is 4.82. The number of hydrogen-bond acceptors (Lipinski definition) is 2. The van der Waals surface area contributed by atoms with Gasteiger partial charge in [-0.15, -0.1) is 0 Å². The molecule has 1 aromatic carbocycles. The summed E-state index contributed by atoms with van der Waals surface area (Å²) in [7, 11) is 2.11. The maximum absolute atomic E-state index is 14.2. The predicted molar refractivity (Wildman–Crippen MR) is 81.8 cm³/mol. The van der Waals surface area contributed by atoms with E-state index in [1.54, 1.807) is 6.07 Å². The van der Waals surface area contributed by atoms with Gasteiger partial charge in [-0.1, -0.05) is 32.0 Å². The van der Waals surface area contributed by atoms with Crippen molar-refractivity contribution >= 4 is 0 Å². The molecule has 1 aromatic rings. The topological polar surface area (TPSA) is 29.3 Å². The van der Waals surface area contributed by atoms with Crippen LogP contribution >= 0.6 is 0 Å². The summed E-state index contributed by atoms with van der Waals surface area (Å²) in [5, 5.41) is 0. The van der Waals surface area contributed by atoms with Crippen LogP contribution in [0.15, 0.2) is 18.2 Å². The van der Waals surface area contributed by atoms with Gasteiger partial charge < -0.3 is 5.73 Å². The molecule has 3 heteroatoms. The van der Waals surface area contributed by atoms with Gasteiger partial charge in [0, 0.05) is 30.3 Å². The van der Waals surface area contributed by atoms with Gasteiger partial charge in [0.25, 0.3) is 0 Å². The zero-order chi connectivity index (χ0) is 14.8. The first kappa shape index (κ1) is 15.5. The summed E-state index contributed by atoms with van der Waals surface area (Å²) in [5.41, 5.74) is 7.42. The highest BCUT2D eigenvalue weighted by Gasteiger charge is 2.29. The fraction of sp³-hybridized carbons (Fsp3) is 0.647. The highest BCUT2D eigenvalue weighted by molar-refractivity contribution is 5.25. The fourth-order valence-corrected chi connectivity index (χ4v) is 3.14. The highest BCUT2D eigenvalue weighted by atomic mass is 19.1. The second-order valence-corrected chi connectivity index (χ2v) is 6.90. The van der Waals surface area contributed by atoms with Gasteiger partial charge in [-0.05, 0) is 38.1 Å². The third kappa shape index (κ3) is 3.58. The van der Waals surface area contributed by atoms with Crippen molar-refractivity contribution in [2.75, 3.05) is 7.05 Å². The van der Waals surface area contributed by atoms with E-state index in [0.29, 0.717) is 23.6 Å². The highest BCUT2D eigenvalue weighted by Crippen LogP contribution is 2.36. The van der Waals surface area contributed by atoms with Crippen LogP contribution in [0.3, 0.4) is 0 Å². The SMILES string of the molecule is CN(Cc1cccc(CN)c1F)C1CCC(C)(C)CC1. The number of rotatable bonds is 4. The Bertz CT molecular complexity index is 446. The Morgan fingerprint density at radius 3 is 2.45 bits per heavy atom. The van der Waals surface area contributed by atoms with Crippen molar-refractivity contribution in [3.8, 4) is 0 Å². The molecule has 0 aliphatic heterocycles. The van der Waals surface area contributed by atoms with Crippen molar-refractivity contribution in [1.29, 1.82) is 0 Å². The van der Waals surface area contributed by atoms with Crippen LogP contribution in [0.1, 0.15) is 50.7 Å². The van der Waals surface area contributed by atoms with Gasteiger partial charge in [-0.3, -0.25) is 4.90 Å². The monoisotopic (exact) mass is 278 g/mol. The van der Waals surface area contributed by atoms with Crippen LogP contribution in [0, 0.1) is 11.2 Å². The van der Waals surface area contributed by atoms with E-state index in [0.717, 1.165) is 5.56 Å². The van der Waals surface area contributed by atoms with Gasteiger partial charge in [-0.25, -0.2) is 4.39 Å². The molecule has 2 rings (SSSR count). The van der Waals surface area contributed by atoms with Gasteiger partial charge in [0.1, 0.15) is 5.82 Å². The van der Waals surface area contributed by atoms with E-state index in [1.165, 1.54) is 25.7 Å². The average molecular weight is 278 g/mol. The molecule has 0 spiro atoms. The van der Waals surface area contributed by atoms with Crippen LogP contribution in [0.4, 0.5) is 4.39 Å². The number of halogens is 1. The number of nitrogens with two attached hydrogens (primary N) is 1. The van der Waals surface area contributed by atoms with Crippen molar-refractivity contribution in [3.05, 3.63) is 35.1 Å².